The molecule has 1 saturated carbocycles. The van der Waals surface area contributed by atoms with Crippen molar-refractivity contribution in [3.63, 3.8) is 0 Å². The molecule has 1 amide bonds. The normalized spacial score (nSPS) is 33.5. The molecule has 1 aliphatic heterocycles. The van der Waals surface area contributed by atoms with E-state index >= 15 is 0 Å². The van der Waals surface area contributed by atoms with Gasteiger partial charge >= 0.3 is 0 Å². The molecule has 0 bridgehead atoms. The van der Waals surface area contributed by atoms with Gasteiger partial charge in [0.25, 0.3) is 0 Å². The van der Waals surface area contributed by atoms with Crippen LogP contribution in [0, 0.1) is 23.2 Å². The fourth-order valence-electron chi connectivity index (χ4n) is 6.45. The number of carbonyl (C=O) groups is 1. The van der Waals surface area contributed by atoms with E-state index < -0.39 is 20.7 Å². The van der Waals surface area contributed by atoms with Gasteiger partial charge in [-0.15, -0.1) is 11.3 Å². The van der Waals surface area contributed by atoms with Crippen molar-refractivity contribution < 1.29 is 18.3 Å². The van der Waals surface area contributed by atoms with Crippen LogP contribution in [0.25, 0.3) is 0 Å². The number of sulfone groups is 1. The summed E-state index contributed by atoms with van der Waals surface area (Å²) in [6.45, 7) is 13.3. The number of aliphatic hydroxyl groups excluding tert-OH is 1. The summed E-state index contributed by atoms with van der Waals surface area (Å²) in [5.74, 6) is -0.0134. The number of nitrogens with zero attached hydrogens (tertiary/aromatic N) is 2. The Morgan fingerprint density at radius 1 is 1.30 bits per heavy atom. The molecule has 2 aliphatic carbocycles. The minimum atomic E-state index is -3.30. The SMILES string of the molecule is CC(C(=O)N1CCCC1)C1CCC2(C)Cc3sc(CS(=O)(=O)C(C)(C)C)nc3C(C)C2C1O. The van der Waals surface area contributed by atoms with Crippen molar-refractivity contribution in [2.24, 2.45) is 23.2 Å². The molecule has 6 atom stereocenters. The minimum Gasteiger partial charge on any atom is -0.392 e. The number of aromatic nitrogens is 1. The van der Waals surface area contributed by atoms with E-state index in [0.717, 1.165) is 50.9 Å². The maximum absolute atomic E-state index is 13.1. The van der Waals surface area contributed by atoms with E-state index in [1.54, 1.807) is 20.8 Å². The Morgan fingerprint density at radius 3 is 2.55 bits per heavy atom. The molecule has 3 aliphatic rings. The summed E-state index contributed by atoms with van der Waals surface area (Å²) >= 11 is 1.53. The van der Waals surface area contributed by atoms with Crippen molar-refractivity contribution in [3.8, 4) is 0 Å². The number of amides is 1. The number of fused-ring (bicyclic) bond motifs is 2. The molecule has 1 aromatic rings. The first-order valence-electron chi connectivity index (χ1n) is 12.4. The Balaban J connectivity index is 1.58. The van der Waals surface area contributed by atoms with E-state index in [2.05, 4.69) is 13.8 Å². The topological polar surface area (TPSA) is 87.6 Å². The van der Waals surface area contributed by atoms with Gasteiger partial charge in [-0.2, -0.15) is 0 Å². The van der Waals surface area contributed by atoms with Gasteiger partial charge in [0.1, 0.15) is 10.8 Å². The van der Waals surface area contributed by atoms with Gasteiger partial charge in [-0.25, -0.2) is 13.4 Å². The van der Waals surface area contributed by atoms with Gasteiger partial charge in [0.05, 0.1) is 16.5 Å². The molecule has 1 aromatic heterocycles. The minimum absolute atomic E-state index is 0.0201. The van der Waals surface area contributed by atoms with E-state index in [1.807, 2.05) is 11.8 Å². The molecule has 4 rings (SSSR count). The summed E-state index contributed by atoms with van der Waals surface area (Å²) in [5, 5.41) is 12.3. The van der Waals surface area contributed by atoms with Gasteiger partial charge in [0.2, 0.25) is 5.91 Å². The predicted molar refractivity (Wildman–Crippen MR) is 132 cm³/mol. The Hall–Kier alpha value is -0.990. The van der Waals surface area contributed by atoms with Gasteiger partial charge < -0.3 is 10.0 Å². The van der Waals surface area contributed by atoms with Crippen molar-refractivity contribution in [1.82, 2.24) is 9.88 Å². The van der Waals surface area contributed by atoms with Crippen LogP contribution >= 0.6 is 11.3 Å². The van der Waals surface area contributed by atoms with Crippen LogP contribution in [0.1, 0.15) is 88.7 Å². The fourth-order valence-corrected chi connectivity index (χ4v) is 9.14. The lowest BCUT2D eigenvalue weighted by atomic mass is 9.53. The standard InChI is InChI=1S/C25H40N2O4S2/c1-15(23(29)27-11-7-8-12-27)17-9-10-25(6)13-18-21(16(2)20(25)22(17)28)26-19(32-18)14-33(30,31)24(3,4)5/h15-17,20,22,28H,7-14H2,1-6H3. The highest BCUT2D eigenvalue weighted by Gasteiger charge is 2.54. The molecule has 0 aromatic carbocycles. The average molecular weight is 497 g/mol. The molecule has 1 saturated heterocycles. The van der Waals surface area contributed by atoms with Gasteiger partial charge in [0.15, 0.2) is 9.84 Å². The Labute approximate surface area is 203 Å². The summed E-state index contributed by atoms with van der Waals surface area (Å²) < 4.78 is 24.7. The molecule has 33 heavy (non-hydrogen) atoms. The molecule has 6 nitrogen and oxygen atoms in total. The molecule has 1 N–H and O–H groups in total. The number of rotatable bonds is 4. The molecule has 186 valence electrons. The third-order valence-electron chi connectivity index (χ3n) is 8.66. The zero-order valence-electron chi connectivity index (χ0n) is 20.9. The van der Waals surface area contributed by atoms with E-state index in [-0.39, 0.29) is 40.7 Å². The molecule has 2 fully saturated rings. The number of aliphatic hydroxyl groups is 1. The van der Waals surface area contributed by atoms with Crippen LogP contribution in [0.15, 0.2) is 0 Å². The smallest absolute Gasteiger partial charge is 0.225 e. The lowest BCUT2D eigenvalue weighted by Crippen LogP contribution is -2.53. The van der Waals surface area contributed by atoms with Crippen LogP contribution in [-0.2, 0) is 26.8 Å². The fraction of sp³-hybridized carbons (Fsp3) is 0.840. The highest BCUT2D eigenvalue weighted by Crippen LogP contribution is 2.57. The first-order valence-corrected chi connectivity index (χ1v) is 14.9. The maximum Gasteiger partial charge on any atom is 0.225 e. The lowest BCUT2D eigenvalue weighted by Gasteiger charge is -2.53. The third-order valence-corrected chi connectivity index (χ3v) is 12.4. The largest absolute Gasteiger partial charge is 0.392 e. The van der Waals surface area contributed by atoms with E-state index in [1.165, 1.54) is 16.2 Å². The lowest BCUT2D eigenvalue weighted by molar-refractivity contribution is -0.143. The van der Waals surface area contributed by atoms with Crippen LogP contribution in [0.2, 0.25) is 0 Å². The van der Waals surface area contributed by atoms with Crippen molar-refractivity contribution in [1.29, 1.82) is 0 Å². The molecule has 8 heteroatoms. The molecule has 2 heterocycles. The van der Waals surface area contributed by atoms with Crippen molar-refractivity contribution >= 4 is 27.1 Å². The average Bonchev–Trinajstić information content (AvgIpc) is 3.35. The molecular weight excluding hydrogens is 456 g/mol. The number of carbonyl (C=O) groups excluding carboxylic acids is 1. The number of hydrogen-bond acceptors (Lipinski definition) is 6. The Kier molecular flexibility index (Phi) is 6.54. The quantitative estimate of drug-likeness (QED) is 0.676. The Morgan fingerprint density at radius 2 is 1.94 bits per heavy atom. The predicted octanol–water partition coefficient (Wildman–Crippen LogP) is 4.17. The highest BCUT2D eigenvalue weighted by atomic mass is 32.2. The molecule has 0 radical (unpaired) electrons. The van der Waals surface area contributed by atoms with Crippen LogP contribution in [-0.4, -0.2) is 53.3 Å². The van der Waals surface area contributed by atoms with Crippen molar-refractivity contribution in [2.75, 3.05) is 13.1 Å². The summed E-state index contributed by atoms with van der Waals surface area (Å²) in [6.07, 6.45) is 4.22. The molecule has 0 spiro atoms. The number of likely N-dealkylation sites (tertiary alicyclic amines) is 1. The monoisotopic (exact) mass is 496 g/mol. The van der Waals surface area contributed by atoms with Crippen LogP contribution in [0.5, 0.6) is 0 Å². The van der Waals surface area contributed by atoms with Crippen molar-refractivity contribution in [3.05, 3.63) is 15.6 Å². The first-order chi connectivity index (χ1) is 15.2. The second-order valence-electron chi connectivity index (χ2n) is 11.9. The van der Waals surface area contributed by atoms with Gasteiger partial charge in [-0.3, -0.25) is 4.79 Å². The summed E-state index contributed by atoms with van der Waals surface area (Å²) in [7, 11) is -3.30. The first kappa shape index (κ1) is 25.1. The third kappa shape index (κ3) is 4.40. The zero-order chi connectivity index (χ0) is 24.3. The van der Waals surface area contributed by atoms with E-state index in [0.29, 0.717) is 5.01 Å². The van der Waals surface area contributed by atoms with Crippen molar-refractivity contribution in [2.45, 2.75) is 96.2 Å². The second-order valence-corrected chi connectivity index (χ2v) is 15.9. The maximum atomic E-state index is 13.1. The van der Waals surface area contributed by atoms with Crippen LogP contribution in [0.4, 0.5) is 0 Å². The summed E-state index contributed by atoms with van der Waals surface area (Å²) in [6, 6.07) is 0. The van der Waals surface area contributed by atoms with Crippen LogP contribution < -0.4 is 0 Å². The summed E-state index contributed by atoms with van der Waals surface area (Å²) in [5.41, 5.74) is 0.894. The van der Waals surface area contributed by atoms with Gasteiger partial charge in [0, 0.05) is 29.8 Å². The zero-order valence-corrected chi connectivity index (χ0v) is 22.6. The van der Waals surface area contributed by atoms with E-state index in [9.17, 15) is 18.3 Å². The second kappa shape index (κ2) is 8.59. The molecule has 6 unspecified atom stereocenters. The van der Waals surface area contributed by atoms with Gasteiger partial charge in [-0.1, -0.05) is 20.8 Å². The van der Waals surface area contributed by atoms with Gasteiger partial charge in [-0.05, 0) is 70.1 Å². The number of hydrogen-bond donors (Lipinski definition) is 1. The molecular formula is C25H40N2O4S2. The van der Waals surface area contributed by atoms with Crippen LogP contribution in [0.3, 0.4) is 0 Å². The Bertz CT molecular complexity index is 1010. The highest BCUT2D eigenvalue weighted by molar-refractivity contribution is 7.92. The number of thiazole rings is 1. The summed E-state index contributed by atoms with van der Waals surface area (Å²) in [4.78, 5) is 21.0. The van der Waals surface area contributed by atoms with E-state index in [4.69, 9.17) is 4.98 Å².